The van der Waals surface area contributed by atoms with Crippen molar-refractivity contribution < 1.29 is 9.47 Å². The number of rotatable bonds is 4. The fraction of sp³-hybridized carbons (Fsp3) is 0.533. The minimum absolute atomic E-state index is 0.308. The van der Waals surface area contributed by atoms with Gasteiger partial charge in [0, 0.05) is 7.11 Å². The highest BCUT2D eigenvalue weighted by atomic mass is 32.2. The molecule has 124 valence electrons. The van der Waals surface area contributed by atoms with Crippen LogP contribution in [0.5, 0.6) is 0 Å². The number of hydrogen-bond donors (Lipinski definition) is 0. The van der Waals surface area contributed by atoms with Crippen molar-refractivity contribution in [2.75, 3.05) is 20.0 Å². The van der Waals surface area contributed by atoms with Gasteiger partial charge < -0.3 is 9.47 Å². The lowest BCUT2D eigenvalue weighted by atomic mass is 9.72. The van der Waals surface area contributed by atoms with Crippen LogP contribution in [0.4, 0.5) is 0 Å². The maximum absolute atomic E-state index is 9.97. The highest BCUT2D eigenvalue weighted by Gasteiger charge is 2.61. The van der Waals surface area contributed by atoms with Crippen LogP contribution in [0.1, 0.15) is 19.0 Å². The monoisotopic (exact) mass is 344 g/mol. The van der Waals surface area contributed by atoms with E-state index in [9.17, 15) is 10.5 Å². The van der Waals surface area contributed by atoms with Crippen LogP contribution in [0.25, 0.3) is 5.65 Å². The second-order valence-corrected chi connectivity index (χ2v) is 6.58. The molecular weight excluding hydrogens is 328 g/mol. The molecule has 24 heavy (non-hydrogen) atoms. The van der Waals surface area contributed by atoms with Crippen LogP contribution in [0.15, 0.2) is 17.6 Å². The predicted molar refractivity (Wildman–Crippen MR) is 84.9 cm³/mol. The van der Waals surface area contributed by atoms with Crippen molar-refractivity contribution in [2.45, 2.75) is 30.1 Å². The summed E-state index contributed by atoms with van der Waals surface area (Å²) in [5, 5.41) is 24.6. The van der Waals surface area contributed by atoms with E-state index in [-0.39, 0.29) is 6.10 Å². The molecule has 0 aliphatic carbocycles. The fourth-order valence-electron chi connectivity index (χ4n) is 3.15. The minimum Gasteiger partial charge on any atom is -0.382 e. The van der Waals surface area contributed by atoms with Gasteiger partial charge in [0.05, 0.1) is 25.0 Å². The smallest absolute Gasteiger partial charge is 0.216 e. The van der Waals surface area contributed by atoms with Crippen LogP contribution in [-0.2, 0) is 15.1 Å². The van der Waals surface area contributed by atoms with Gasteiger partial charge in [-0.3, -0.25) is 0 Å². The highest BCUT2D eigenvalue weighted by molar-refractivity contribution is 7.98. The van der Waals surface area contributed by atoms with E-state index in [1.54, 1.807) is 14.0 Å². The fourth-order valence-corrected chi connectivity index (χ4v) is 3.63. The molecule has 1 aliphatic rings. The lowest BCUT2D eigenvalue weighted by molar-refractivity contribution is -0.0588. The molecule has 8 nitrogen and oxygen atoms in total. The van der Waals surface area contributed by atoms with Gasteiger partial charge in [0.2, 0.25) is 5.60 Å². The summed E-state index contributed by atoms with van der Waals surface area (Å²) in [5.41, 5.74) is -1.56. The van der Waals surface area contributed by atoms with Gasteiger partial charge in [-0.05, 0) is 19.6 Å². The summed E-state index contributed by atoms with van der Waals surface area (Å²) in [5.74, 6) is 0. The Balaban J connectivity index is 2.22. The molecule has 3 atom stereocenters. The summed E-state index contributed by atoms with van der Waals surface area (Å²) in [7, 11) is 1.56. The SMILES string of the molecule is COCC1CC(C)(C#N)C(C#N)(c2cnc3c(SC)ncnn23)O1. The first-order chi connectivity index (χ1) is 11.5. The number of fused-ring (bicyclic) bond motifs is 1. The van der Waals surface area contributed by atoms with E-state index in [4.69, 9.17) is 9.47 Å². The summed E-state index contributed by atoms with van der Waals surface area (Å²) in [6, 6.07) is 4.47. The Bertz CT molecular complexity index is 856. The first kappa shape index (κ1) is 16.7. The molecule has 0 N–H and O–H groups in total. The molecule has 2 aromatic heterocycles. The Morgan fingerprint density at radius 1 is 1.46 bits per heavy atom. The molecule has 0 spiro atoms. The third-order valence-corrected chi connectivity index (χ3v) is 5.01. The number of aromatic nitrogens is 4. The topological polar surface area (TPSA) is 109 Å². The van der Waals surface area contributed by atoms with Crippen LogP contribution in [0.2, 0.25) is 0 Å². The van der Waals surface area contributed by atoms with Crippen LogP contribution in [0.3, 0.4) is 0 Å². The lowest BCUT2D eigenvalue weighted by Crippen LogP contribution is -2.40. The average molecular weight is 344 g/mol. The number of ether oxygens (including phenoxy) is 2. The van der Waals surface area contributed by atoms with Crippen molar-refractivity contribution in [1.29, 1.82) is 10.5 Å². The summed E-state index contributed by atoms with van der Waals surface area (Å²) in [4.78, 5) is 8.52. The zero-order valence-corrected chi connectivity index (χ0v) is 14.4. The molecular formula is C15H16N6O2S. The molecule has 3 unspecified atom stereocenters. The van der Waals surface area contributed by atoms with E-state index < -0.39 is 11.0 Å². The van der Waals surface area contributed by atoms with E-state index in [2.05, 4.69) is 27.2 Å². The number of nitrogens with zero attached hydrogens (tertiary/aromatic N) is 6. The lowest BCUT2D eigenvalue weighted by Gasteiger charge is -2.30. The molecule has 0 bridgehead atoms. The van der Waals surface area contributed by atoms with Crippen molar-refractivity contribution in [1.82, 2.24) is 19.6 Å². The second kappa shape index (κ2) is 6.02. The summed E-state index contributed by atoms with van der Waals surface area (Å²) in [6.45, 7) is 2.03. The minimum atomic E-state index is -1.48. The van der Waals surface area contributed by atoms with Gasteiger partial charge in [-0.15, -0.1) is 11.8 Å². The largest absolute Gasteiger partial charge is 0.382 e. The van der Waals surface area contributed by atoms with Crippen molar-refractivity contribution in [3.8, 4) is 12.1 Å². The Labute approximate surface area is 143 Å². The highest BCUT2D eigenvalue weighted by Crippen LogP contribution is 2.52. The molecule has 0 radical (unpaired) electrons. The van der Waals surface area contributed by atoms with Crippen molar-refractivity contribution in [2.24, 2.45) is 5.41 Å². The van der Waals surface area contributed by atoms with E-state index in [0.717, 1.165) is 0 Å². The molecule has 2 aromatic rings. The van der Waals surface area contributed by atoms with E-state index in [1.165, 1.54) is 28.8 Å². The molecule has 0 amide bonds. The Morgan fingerprint density at radius 2 is 2.25 bits per heavy atom. The maximum atomic E-state index is 9.97. The predicted octanol–water partition coefficient (Wildman–Crippen LogP) is 1.53. The van der Waals surface area contributed by atoms with Gasteiger partial charge in [-0.2, -0.15) is 15.6 Å². The summed E-state index contributed by atoms with van der Waals surface area (Å²) in [6.07, 6.45) is 4.86. The molecule has 9 heteroatoms. The molecule has 3 heterocycles. The van der Waals surface area contributed by atoms with Crippen LogP contribution in [0, 0.1) is 28.1 Å². The van der Waals surface area contributed by atoms with Crippen LogP contribution in [-0.4, -0.2) is 45.7 Å². The third kappa shape index (κ3) is 2.17. The first-order valence-electron chi connectivity index (χ1n) is 7.27. The second-order valence-electron chi connectivity index (χ2n) is 5.78. The summed E-state index contributed by atoms with van der Waals surface area (Å²) < 4.78 is 12.7. The number of nitriles is 2. The Kier molecular flexibility index (Phi) is 4.18. The van der Waals surface area contributed by atoms with Crippen LogP contribution < -0.4 is 0 Å². The molecule has 3 rings (SSSR count). The molecule has 0 aromatic carbocycles. The molecule has 0 saturated carbocycles. The van der Waals surface area contributed by atoms with Gasteiger partial charge in [0.15, 0.2) is 5.65 Å². The van der Waals surface area contributed by atoms with Crippen molar-refractivity contribution >= 4 is 17.4 Å². The molecule has 1 aliphatic heterocycles. The molecule has 1 saturated heterocycles. The van der Waals surface area contributed by atoms with Gasteiger partial charge in [0.1, 0.15) is 28.5 Å². The number of hydrogen-bond acceptors (Lipinski definition) is 8. The standard InChI is InChI=1S/C15H16N6O2S/c1-14(7-16)4-10(6-22-2)23-15(14,8-17)11-5-18-12-13(24-3)19-9-20-21(11)12/h5,9-10H,4,6H2,1-3H3. The average Bonchev–Trinajstić information content (AvgIpc) is 3.15. The van der Waals surface area contributed by atoms with Crippen molar-refractivity contribution in [3.05, 3.63) is 18.2 Å². The van der Waals surface area contributed by atoms with Gasteiger partial charge in [0.25, 0.3) is 0 Å². The zero-order valence-electron chi connectivity index (χ0n) is 13.6. The third-order valence-electron chi connectivity index (χ3n) is 4.34. The van der Waals surface area contributed by atoms with E-state index in [0.29, 0.717) is 29.4 Å². The number of thioether (sulfide) groups is 1. The van der Waals surface area contributed by atoms with Crippen molar-refractivity contribution in [3.63, 3.8) is 0 Å². The van der Waals surface area contributed by atoms with Gasteiger partial charge in [-0.1, -0.05) is 0 Å². The first-order valence-corrected chi connectivity index (χ1v) is 8.50. The van der Waals surface area contributed by atoms with Gasteiger partial charge >= 0.3 is 0 Å². The van der Waals surface area contributed by atoms with Crippen LogP contribution >= 0.6 is 11.8 Å². The van der Waals surface area contributed by atoms with Gasteiger partial charge in [-0.25, -0.2) is 14.5 Å². The van der Waals surface area contributed by atoms with E-state index in [1.807, 2.05) is 6.26 Å². The Morgan fingerprint density at radius 3 is 2.88 bits per heavy atom. The normalized spacial score (nSPS) is 29.5. The number of imidazole rings is 1. The summed E-state index contributed by atoms with van der Waals surface area (Å²) >= 11 is 1.43. The maximum Gasteiger partial charge on any atom is 0.216 e. The molecule has 1 fully saturated rings. The quantitative estimate of drug-likeness (QED) is 0.768. The zero-order chi connectivity index (χ0) is 17.4. The number of methoxy groups -OCH3 is 1. The Hall–Kier alpha value is -2.20. The van der Waals surface area contributed by atoms with E-state index >= 15 is 0 Å².